The molecule has 0 saturated heterocycles. The first-order valence-corrected chi connectivity index (χ1v) is 25.5. The topological polar surface area (TPSA) is 57.3 Å². The van der Waals surface area contributed by atoms with Crippen LogP contribution in [0.2, 0.25) is 0 Å². The highest BCUT2D eigenvalue weighted by molar-refractivity contribution is 5.94. The second-order valence-electron chi connectivity index (χ2n) is 17.6. The summed E-state index contributed by atoms with van der Waals surface area (Å²) in [5.41, 5.74) is 6.83. The minimum atomic E-state index is 0.104. The summed E-state index contributed by atoms with van der Waals surface area (Å²) in [5, 5.41) is 3.58. The smallest absolute Gasteiger partial charge is 0.254 e. The standard InChI is InChI=1S/C35H48N2O2.C24H36N2O/c1-4-7-13-30-16-20-33(21-17-30)35(38)37(27-26-36(24-8-5-2)25-9-6-3)28-31-18-22-34(23-19-31)39-29-32-14-11-10-12-15-32;1-3-5-17-26(18-6-4-2)19-16-25-20-22-12-14-24(15-13-22)27-21-23-10-8-7-9-11-23/h10-12,14-23H,4-9,13,24-29H2,1-3H3;7-15,25H,3-6,16-21H2,1-2H3. The number of hydrogen-bond acceptors (Lipinski definition) is 6. The monoisotopic (exact) mass is 897 g/mol. The van der Waals surface area contributed by atoms with Crippen molar-refractivity contribution in [2.24, 2.45) is 0 Å². The Morgan fingerprint density at radius 3 is 1.35 bits per heavy atom. The van der Waals surface area contributed by atoms with Crippen LogP contribution in [0.25, 0.3) is 0 Å². The molecule has 7 heteroatoms. The molecule has 5 rings (SSSR count). The summed E-state index contributed by atoms with van der Waals surface area (Å²) in [6, 6.07) is 45.4. The second kappa shape index (κ2) is 33.5. The van der Waals surface area contributed by atoms with Gasteiger partial charge in [-0.1, -0.05) is 164 Å². The number of carbonyl (C=O) groups excluding carboxylic acids is 1. The molecule has 0 radical (unpaired) electrons. The fourth-order valence-corrected chi connectivity index (χ4v) is 7.66. The fraction of sp³-hybridized carbons (Fsp3) is 0.475. The molecule has 0 heterocycles. The van der Waals surface area contributed by atoms with Gasteiger partial charge in [0.15, 0.2) is 0 Å². The van der Waals surface area contributed by atoms with E-state index in [9.17, 15) is 4.79 Å². The van der Waals surface area contributed by atoms with E-state index >= 15 is 0 Å². The highest BCUT2D eigenvalue weighted by Gasteiger charge is 2.18. The highest BCUT2D eigenvalue weighted by atomic mass is 16.5. The number of nitrogens with zero attached hydrogens (tertiary/aromatic N) is 3. The van der Waals surface area contributed by atoms with E-state index in [2.05, 4.69) is 123 Å². The number of amides is 1. The van der Waals surface area contributed by atoms with Gasteiger partial charge in [-0.05, 0) is 129 Å². The van der Waals surface area contributed by atoms with Crippen LogP contribution in [0.4, 0.5) is 0 Å². The average molecular weight is 897 g/mol. The van der Waals surface area contributed by atoms with Crippen molar-refractivity contribution in [3.63, 3.8) is 0 Å². The van der Waals surface area contributed by atoms with E-state index in [0.29, 0.717) is 19.8 Å². The lowest BCUT2D eigenvalue weighted by atomic mass is 10.1. The Kier molecular flexibility index (Phi) is 27.2. The van der Waals surface area contributed by atoms with Crippen LogP contribution in [0.15, 0.2) is 133 Å². The van der Waals surface area contributed by atoms with Gasteiger partial charge in [0, 0.05) is 44.8 Å². The maximum absolute atomic E-state index is 13.7. The lowest BCUT2D eigenvalue weighted by Crippen LogP contribution is -2.39. The van der Waals surface area contributed by atoms with Gasteiger partial charge in [-0.15, -0.1) is 0 Å². The molecule has 5 aromatic rings. The molecule has 7 nitrogen and oxygen atoms in total. The molecule has 0 spiro atoms. The molecule has 0 fully saturated rings. The minimum Gasteiger partial charge on any atom is -0.489 e. The number of hydrogen-bond donors (Lipinski definition) is 1. The molecule has 1 N–H and O–H groups in total. The number of nitrogens with one attached hydrogen (secondary N) is 1. The van der Waals surface area contributed by atoms with Crippen LogP contribution in [0.1, 0.15) is 137 Å². The van der Waals surface area contributed by atoms with Gasteiger partial charge in [0.05, 0.1) is 0 Å². The van der Waals surface area contributed by atoms with E-state index in [1.807, 2.05) is 65.6 Å². The van der Waals surface area contributed by atoms with Gasteiger partial charge in [0.2, 0.25) is 0 Å². The van der Waals surface area contributed by atoms with Crippen LogP contribution in [0.5, 0.6) is 11.5 Å². The van der Waals surface area contributed by atoms with Gasteiger partial charge in [-0.2, -0.15) is 0 Å². The summed E-state index contributed by atoms with van der Waals surface area (Å²) in [7, 11) is 0. The quantitative estimate of drug-likeness (QED) is 0.0434. The van der Waals surface area contributed by atoms with Crippen molar-refractivity contribution >= 4 is 5.91 Å². The zero-order chi connectivity index (χ0) is 46.9. The van der Waals surface area contributed by atoms with Crippen LogP contribution in [-0.4, -0.2) is 73.0 Å². The summed E-state index contributed by atoms with van der Waals surface area (Å²) in [4.78, 5) is 20.9. The third-order valence-electron chi connectivity index (χ3n) is 12.0. The predicted octanol–water partition coefficient (Wildman–Crippen LogP) is 13.4. The Bertz CT molecular complexity index is 1920. The number of rotatable bonds is 32. The summed E-state index contributed by atoms with van der Waals surface area (Å²) < 4.78 is 11.8. The van der Waals surface area contributed by atoms with Crippen molar-refractivity contribution < 1.29 is 14.3 Å². The molecule has 0 atom stereocenters. The SMILES string of the molecule is CCCCN(CCCC)CCNCc1ccc(OCc2ccccc2)cc1.CCCCc1ccc(C(=O)N(CCN(CCCC)CCCC)Cc2ccc(OCc3ccccc3)cc2)cc1. The Morgan fingerprint density at radius 2 is 0.879 bits per heavy atom. The maximum atomic E-state index is 13.7. The molecule has 1 amide bonds. The molecule has 0 aliphatic carbocycles. The molecule has 0 unspecified atom stereocenters. The van der Waals surface area contributed by atoms with Crippen molar-refractivity contribution in [2.75, 3.05) is 52.4 Å². The van der Waals surface area contributed by atoms with Gasteiger partial charge >= 0.3 is 0 Å². The number of ether oxygens (including phenoxy) is 2. The highest BCUT2D eigenvalue weighted by Crippen LogP contribution is 2.19. The molecule has 66 heavy (non-hydrogen) atoms. The first-order chi connectivity index (χ1) is 32.4. The third kappa shape index (κ3) is 22.0. The van der Waals surface area contributed by atoms with Gasteiger partial charge in [-0.25, -0.2) is 0 Å². The molecule has 5 aromatic carbocycles. The number of aryl methyl sites for hydroxylation is 1. The molecule has 358 valence electrons. The molecule has 0 aliphatic heterocycles. The average Bonchev–Trinajstić information content (AvgIpc) is 3.37. The lowest BCUT2D eigenvalue weighted by molar-refractivity contribution is 0.0720. The number of unbranched alkanes of at least 4 members (excludes halogenated alkanes) is 5. The Labute approximate surface area is 400 Å². The van der Waals surface area contributed by atoms with E-state index < -0.39 is 0 Å². The first kappa shape index (κ1) is 53.7. The molecule has 0 saturated carbocycles. The summed E-state index contributed by atoms with van der Waals surface area (Å²) in [6.45, 7) is 22.3. The van der Waals surface area contributed by atoms with Gasteiger partial charge in [-0.3, -0.25) is 4.79 Å². The van der Waals surface area contributed by atoms with Crippen molar-refractivity contribution in [2.45, 2.75) is 132 Å². The van der Waals surface area contributed by atoms with Crippen molar-refractivity contribution in [1.29, 1.82) is 0 Å². The summed E-state index contributed by atoms with van der Waals surface area (Å²) in [5.74, 6) is 1.87. The Balaban J connectivity index is 0.000000309. The fourth-order valence-electron chi connectivity index (χ4n) is 7.66. The molecular weight excluding hydrogens is 813 g/mol. The van der Waals surface area contributed by atoms with Crippen molar-refractivity contribution in [3.8, 4) is 11.5 Å². The largest absolute Gasteiger partial charge is 0.489 e. The first-order valence-electron chi connectivity index (χ1n) is 25.5. The van der Waals surface area contributed by atoms with Crippen LogP contribution in [0, 0.1) is 0 Å². The van der Waals surface area contributed by atoms with Crippen molar-refractivity contribution in [3.05, 3.63) is 167 Å². The normalized spacial score (nSPS) is 11.1. The van der Waals surface area contributed by atoms with E-state index in [4.69, 9.17) is 9.47 Å². The third-order valence-corrected chi connectivity index (χ3v) is 12.0. The number of carbonyl (C=O) groups is 1. The van der Waals surface area contributed by atoms with E-state index in [-0.39, 0.29) is 5.91 Å². The van der Waals surface area contributed by atoms with Crippen molar-refractivity contribution in [1.82, 2.24) is 20.0 Å². The van der Waals surface area contributed by atoms with E-state index in [0.717, 1.165) is 80.4 Å². The zero-order valence-electron chi connectivity index (χ0n) is 41.5. The van der Waals surface area contributed by atoms with Gasteiger partial charge in [0.25, 0.3) is 5.91 Å². The maximum Gasteiger partial charge on any atom is 0.254 e. The Morgan fingerprint density at radius 1 is 0.439 bits per heavy atom. The minimum absolute atomic E-state index is 0.104. The summed E-state index contributed by atoms with van der Waals surface area (Å²) in [6.07, 6.45) is 13.3. The molecule has 0 aromatic heterocycles. The van der Waals surface area contributed by atoms with Gasteiger partial charge < -0.3 is 29.5 Å². The van der Waals surface area contributed by atoms with Crippen LogP contribution >= 0.6 is 0 Å². The number of benzene rings is 5. The zero-order valence-corrected chi connectivity index (χ0v) is 41.5. The van der Waals surface area contributed by atoms with Crippen LogP contribution < -0.4 is 14.8 Å². The second-order valence-corrected chi connectivity index (χ2v) is 17.6. The molecular formula is C59H84N4O3. The predicted molar refractivity (Wildman–Crippen MR) is 278 cm³/mol. The molecule has 0 aliphatic rings. The van der Waals surface area contributed by atoms with Gasteiger partial charge in [0.1, 0.15) is 24.7 Å². The van der Waals surface area contributed by atoms with E-state index in [1.54, 1.807) is 0 Å². The van der Waals surface area contributed by atoms with Crippen LogP contribution in [0.3, 0.4) is 0 Å². The van der Waals surface area contributed by atoms with Crippen LogP contribution in [-0.2, 0) is 32.7 Å². The molecule has 0 bridgehead atoms. The van der Waals surface area contributed by atoms with E-state index in [1.165, 1.54) is 94.0 Å². The Hall–Kier alpha value is -4.95. The lowest BCUT2D eigenvalue weighted by Gasteiger charge is -2.28. The summed E-state index contributed by atoms with van der Waals surface area (Å²) >= 11 is 0.